The Balaban J connectivity index is 1.62. The number of likely N-dealkylation sites (N-methyl/N-ethyl adjacent to an activating group) is 1. The molecule has 1 saturated heterocycles. The molecule has 1 aromatic heterocycles. The Hall–Kier alpha value is -2.92. The number of hydrogen-bond acceptors (Lipinski definition) is 3. The van der Waals surface area contributed by atoms with Crippen molar-refractivity contribution in [3.63, 3.8) is 0 Å². The minimum Gasteiger partial charge on any atom is -0.340 e. The fraction of sp³-hybridized carbons (Fsp3) is 0.304. The monoisotopic (exact) mass is 374 g/mol. The van der Waals surface area contributed by atoms with E-state index >= 15 is 0 Å². The van der Waals surface area contributed by atoms with Crippen LogP contribution in [0.3, 0.4) is 0 Å². The number of amides is 1. The largest absolute Gasteiger partial charge is 0.340 e. The van der Waals surface area contributed by atoms with E-state index in [1.807, 2.05) is 78.8 Å². The molecule has 2 heterocycles. The molecule has 0 saturated carbocycles. The SMILES string of the molecule is CN(CCN1CCCC1)C(=O)c1cn(-c2ccccc2)nc1-c1ccccc1. The number of hydrogen-bond donors (Lipinski definition) is 0. The number of aromatic nitrogens is 2. The summed E-state index contributed by atoms with van der Waals surface area (Å²) >= 11 is 0. The molecule has 0 spiro atoms. The predicted octanol–water partition coefficient (Wildman–Crippen LogP) is 3.71. The molecule has 1 aliphatic heterocycles. The maximum absolute atomic E-state index is 13.2. The standard InChI is InChI=1S/C23H26N4O/c1-25(16-17-26-14-8-9-15-26)23(28)21-18-27(20-12-6-3-7-13-20)24-22(21)19-10-4-2-5-11-19/h2-7,10-13,18H,8-9,14-17H2,1H3. The van der Waals surface area contributed by atoms with Crippen molar-refractivity contribution < 1.29 is 4.79 Å². The highest BCUT2D eigenvalue weighted by Gasteiger charge is 2.22. The zero-order chi connectivity index (χ0) is 19.3. The average Bonchev–Trinajstić information content (AvgIpc) is 3.43. The molecular weight excluding hydrogens is 348 g/mol. The molecule has 1 amide bonds. The zero-order valence-corrected chi connectivity index (χ0v) is 16.3. The Bertz CT molecular complexity index is 914. The van der Waals surface area contributed by atoms with Crippen LogP contribution in [0.15, 0.2) is 66.9 Å². The third-order valence-corrected chi connectivity index (χ3v) is 5.31. The first-order chi connectivity index (χ1) is 13.7. The van der Waals surface area contributed by atoms with E-state index in [9.17, 15) is 4.79 Å². The number of para-hydroxylation sites is 1. The smallest absolute Gasteiger partial charge is 0.257 e. The Morgan fingerprint density at radius 1 is 1.00 bits per heavy atom. The first-order valence-corrected chi connectivity index (χ1v) is 9.91. The van der Waals surface area contributed by atoms with E-state index in [1.54, 1.807) is 4.68 Å². The van der Waals surface area contributed by atoms with Crippen molar-refractivity contribution in [3.05, 3.63) is 72.4 Å². The summed E-state index contributed by atoms with van der Waals surface area (Å²) in [5, 5.41) is 4.75. The molecule has 4 rings (SSSR count). The van der Waals surface area contributed by atoms with Crippen LogP contribution in [0.25, 0.3) is 16.9 Å². The lowest BCUT2D eigenvalue weighted by molar-refractivity contribution is 0.0783. The van der Waals surface area contributed by atoms with Gasteiger partial charge in [-0.2, -0.15) is 5.10 Å². The summed E-state index contributed by atoms with van der Waals surface area (Å²) in [4.78, 5) is 17.5. The van der Waals surface area contributed by atoms with Gasteiger partial charge in [-0.1, -0.05) is 48.5 Å². The summed E-state index contributed by atoms with van der Waals surface area (Å²) in [6, 6.07) is 19.8. The highest BCUT2D eigenvalue weighted by Crippen LogP contribution is 2.24. The summed E-state index contributed by atoms with van der Waals surface area (Å²) in [6.45, 7) is 3.94. The molecule has 2 aromatic carbocycles. The van der Waals surface area contributed by atoms with Crippen molar-refractivity contribution >= 4 is 5.91 Å². The van der Waals surface area contributed by atoms with Crippen LogP contribution in [-0.4, -0.2) is 58.7 Å². The summed E-state index contributed by atoms with van der Waals surface area (Å²) in [6.07, 6.45) is 4.38. The lowest BCUT2D eigenvalue weighted by atomic mass is 10.1. The molecule has 0 N–H and O–H groups in total. The van der Waals surface area contributed by atoms with Crippen LogP contribution >= 0.6 is 0 Å². The maximum Gasteiger partial charge on any atom is 0.257 e. The molecule has 3 aromatic rings. The molecule has 144 valence electrons. The topological polar surface area (TPSA) is 41.4 Å². The number of benzene rings is 2. The molecule has 1 fully saturated rings. The van der Waals surface area contributed by atoms with Gasteiger partial charge in [-0.15, -0.1) is 0 Å². The van der Waals surface area contributed by atoms with Gasteiger partial charge < -0.3 is 9.80 Å². The number of rotatable bonds is 6. The van der Waals surface area contributed by atoms with Gasteiger partial charge in [-0.3, -0.25) is 4.79 Å². The van der Waals surface area contributed by atoms with E-state index in [0.29, 0.717) is 5.56 Å². The number of carbonyl (C=O) groups is 1. The Kier molecular flexibility index (Phi) is 5.53. The summed E-state index contributed by atoms with van der Waals surface area (Å²) in [5.41, 5.74) is 3.26. The second-order valence-electron chi connectivity index (χ2n) is 7.31. The van der Waals surface area contributed by atoms with Crippen molar-refractivity contribution in [1.29, 1.82) is 0 Å². The second kappa shape index (κ2) is 8.40. The third-order valence-electron chi connectivity index (χ3n) is 5.31. The van der Waals surface area contributed by atoms with Gasteiger partial charge in [-0.05, 0) is 38.1 Å². The summed E-state index contributed by atoms with van der Waals surface area (Å²) in [5.74, 6) is 0.0141. The van der Waals surface area contributed by atoms with Crippen LogP contribution in [0.5, 0.6) is 0 Å². The van der Waals surface area contributed by atoms with E-state index < -0.39 is 0 Å². The molecule has 5 heteroatoms. The fourth-order valence-electron chi connectivity index (χ4n) is 3.66. The van der Waals surface area contributed by atoms with Gasteiger partial charge in [0, 0.05) is 31.9 Å². The summed E-state index contributed by atoms with van der Waals surface area (Å²) < 4.78 is 1.80. The Morgan fingerprint density at radius 2 is 1.64 bits per heavy atom. The molecule has 0 aliphatic carbocycles. The quantitative estimate of drug-likeness (QED) is 0.660. The Labute approximate surface area is 166 Å². The van der Waals surface area contributed by atoms with E-state index in [2.05, 4.69) is 4.90 Å². The minimum atomic E-state index is 0.0141. The minimum absolute atomic E-state index is 0.0141. The van der Waals surface area contributed by atoms with E-state index in [4.69, 9.17) is 5.10 Å². The van der Waals surface area contributed by atoms with E-state index in [-0.39, 0.29) is 5.91 Å². The predicted molar refractivity (Wildman–Crippen MR) is 112 cm³/mol. The molecule has 0 unspecified atom stereocenters. The second-order valence-corrected chi connectivity index (χ2v) is 7.31. The highest BCUT2D eigenvalue weighted by atomic mass is 16.2. The van der Waals surface area contributed by atoms with E-state index in [0.717, 1.165) is 43.1 Å². The highest BCUT2D eigenvalue weighted by molar-refractivity contribution is 5.99. The van der Waals surface area contributed by atoms with Crippen LogP contribution in [0.1, 0.15) is 23.2 Å². The molecule has 5 nitrogen and oxygen atoms in total. The molecule has 0 bridgehead atoms. The molecule has 28 heavy (non-hydrogen) atoms. The van der Waals surface area contributed by atoms with Crippen molar-refractivity contribution in [1.82, 2.24) is 19.6 Å². The maximum atomic E-state index is 13.2. The lowest BCUT2D eigenvalue weighted by Crippen LogP contribution is -2.35. The lowest BCUT2D eigenvalue weighted by Gasteiger charge is -2.21. The van der Waals surface area contributed by atoms with Gasteiger partial charge in [-0.25, -0.2) is 4.68 Å². The van der Waals surface area contributed by atoms with Crippen LogP contribution < -0.4 is 0 Å². The van der Waals surface area contributed by atoms with Gasteiger partial charge in [0.25, 0.3) is 5.91 Å². The zero-order valence-electron chi connectivity index (χ0n) is 16.3. The van der Waals surface area contributed by atoms with Gasteiger partial charge in [0.2, 0.25) is 0 Å². The number of likely N-dealkylation sites (tertiary alicyclic amines) is 1. The molecule has 0 radical (unpaired) electrons. The van der Waals surface area contributed by atoms with Crippen molar-refractivity contribution in [3.8, 4) is 16.9 Å². The molecular formula is C23H26N4O. The number of nitrogens with zero attached hydrogens (tertiary/aromatic N) is 4. The Morgan fingerprint density at radius 3 is 2.32 bits per heavy atom. The van der Waals surface area contributed by atoms with Gasteiger partial charge in [0.05, 0.1) is 11.3 Å². The van der Waals surface area contributed by atoms with Crippen molar-refractivity contribution in [2.75, 3.05) is 33.2 Å². The van der Waals surface area contributed by atoms with Crippen LogP contribution in [-0.2, 0) is 0 Å². The van der Waals surface area contributed by atoms with Gasteiger partial charge in [0.15, 0.2) is 0 Å². The first kappa shape index (κ1) is 18.4. The van der Waals surface area contributed by atoms with Crippen LogP contribution in [0.2, 0.25) is 0 Å². The van der Waals surface area contributed by atoms with Crippen LogP contribution in [0.4, 0.5) is 0 Å². The normalized spacial score (nSPS) is 14.3. The third kappa shape index (κ3) is 3.99. The fourth-order valence-corrected chi connectivity index (χ4v) is 3.66. The first-order valence-electron chi connectivity index (χ1n) is 9.91. The van der Waals surface area contributed by atoms with Crippen molar-refractivity contribution in [2.45, 2.75) is 12.8 Å². The number of carbonyl (C=O) groups excluding carboxylic acids is 1. The van der Waals surface area contributed by atoms with Gasteiger partial charge in [0.1, 0.15) is 5.69 Å². The molecule has 1 aliphatic rings. The van der Waals surface area contributed by atoms with E-state index in [1.165, 1.54) is 12.8 Å². The van der Waals surface area contributed by atoms with Gasteiger partial charge >= 0.3 is 0 Å². The summed E-state index contributed by atoms with van der Waals surface area (Å²) in [7, 11) is 1.88. The van der Waals surface area contributed by atoms with Crippen molar-refractivity contribution in [2.24, 2.45) is 0 Å². The van der Waals surface area contributed by atoms with Crippen LogP contribution in [0, 0.1) is 0 Å². The average molecular weight is 374 g/mol. The molecule has 0 atom stereocenters.